The molecule has 0 aliphatic carbocycles. The van der Waals surface area contributed by atoms with Crippen molar-refractivity contribution in [3.8, 4) is 11.6 Å². The van der Waals surface area contributed by atoms with E-state index in [4.69, 9.17) is 4.74 Å². The average Bonchev–Trinajstić information content (AvgIpc) is 3.08. The first-order valence-corrected chi connectivity index (χ1v) is 13.4. The van der Waals surface area contributed by atoms with E-state index in [1.807, 2.05) is 20.8 Å². The number of imidazole rings is 1. The van der Waals surface area contributed by atoms with Crippen LogP contribution in [0.1, 0.15) is 56.9 Å². The molecular weight excluding hydrogens is 475 g/mol. The Kier molecular flexibility index (Phi) is 6.69. The highest BCUT2D eigenvalue weighted by molar-refractivity contribution is 8.24. The number of ether oxygens (including phenoxy) is 1. The first kappa shape index (κ1) is 25.2. The molecule has 3 heterocycles. The molecule has 1 aliphatic rings. The summed E-state index contributed by atoms with van der Waals surface area (Å²) >= 11 is 0. The van der Waals surface area contributed by atoms with Gasteiger partial charge >= 0.3 is 5.69 Å². The third kappa shape index (κ3) is 4.93. The van der Waals surface area contributed by atoms with Crippen LogP contribution in [-0.4, -0.2) is 52.8 Å². The van der Waals surface area contributed by atoms with Gasteiger partial charge in [0, 0.05) is 34.7 Å². The number of rotatable bonds is 6. The summed E-state index contributed by atoms with van der Waals surface area (Å²) in [5.74, 6) is -0.289. The lowest BCUT2D eigenvalue weighted by molar-refractivity contribution is 0.0898. The molecule has 0 bridgehead atoms. The lowest BCUT2D eigenvalue weighted by atomic mass is 9.94. The summed E-state index contributed by atoms with van der Waals surface area (Å²) in [5.41, 5.74) is 0.314. The highest BCUT2D eigenvalue weighted by atomic mass is 32.3. The highest BCUT2D eigenvalue weighted by Gasteiger charge is 2.35. The monoisotopic (exact) mass is 506 g/mol. The van der Waals surface area contributed by atoms with Crippen LogP contribution in [0.2, 0.25) is 0 Å². The van der Waals surface area contributed by atoms with Crippen LogP contribution in [0, 0.1) is 5.82 Å². The maximum absolute atomic E-state index is 14.8. The van der Waals surface area contributed by atoms with E-state index in [0.717, 1.165) is 6.20 Å². The van der Waals surface area contributed by atoms with Gasteiger partial charge in [0.15, 0.2) is 5.82 Å². The minimum atomic E-state index is -2.57. The van der Waals surface area contributed by atoms with Crippen LogP contribution in [-0.2, 0) is 0 Å². The summed E-state index contributed by atoms with van der Waals surface area (Å²) in [7, 11) is -2.57. The Labute approximate surface area is 204 Å². The van der Waals surface area contributed by atoms with Crippen molar-refractivity contribution < 1.29 is 23.0 Å². The molecule has 1 amide bonds. The number of hydrogen-bond acceptors (Lipinski definition) is 6. The standard InChI is InChI=1S/C24H31FN4O5S/c1-5-34-21-13-19(17(25)14-26-21)29-18-7-6-16(12-20(18)28(15(2)3)23(29)31)22(30)27-24(4)8-10-35(32,33)11-9-24/h6-7,12-15,32-33H,5,8-11H2,1-4H3,(H,27,30). The van der Waals surface area contributed by atoms with Gasteiger partial charge in [0.05, 0.1) is 29.5 Å². The Balaban J connectivity index is 1.76. The van der Waals surface area contributed by atoms with Crippen molar-refractivity contribution in [2.75, 3.05) is 18.1 Å². The van der Waals surface area contributed by atoms with Gasteiger partial charge in [-0.1, -0.05) is 0 Å². The van der Waals surface area contributed by atoms with Gasteiger partial charge in [-0.2, -0.15) is 10.6 Å². The SMILES string of the molecule is CCOc1cc(-n2c(=O)n(C(C)C)c3cc(C(=O)NC4(C)CCS(O)(O)CC4)ccc32)c(F)cn1. The largest absolute Gasteiger partial charge is 0.478 e. The number of carbonyl (C=O) groups excluding carboxylic acids is 1. The summed E-state index contributed by atoms with van der Waals surface area (Å²) < 4.78 is 42.8. The Morgan fingerprint density at radius 3 is 2.57 bits per heavy atom. The lowest BCUT2D eigenvalue weighted by Gasteiger charge is -2.44. The van der Waals surface area contributed by atoms with E-state index in [1.165, 1.54) is 15.2 Å². The van der Waals surface area contributed by atoms with E-state index in [9.17, 15) is 23.1 Å². The molecule has 11 heteroatoms. The predicted molar refractivity (Wildman–Crippen MR) is 135 cm³/mol. The van der Waals surface area contributed by atoms with Gasteiger partial charge in [0.2, 0.25) is 5.88 Å². The summed E-state index contributed by atoms with van der Waals surface area (Å²) in [6, 6.07) is 6.00. The van der Waals surface area contributed by atoms with E-state index in [1.54, 1.807) is 25.1 Å². The quantitative estimate of drug-likeness (QED) is 0.458. The number of fused-ring (bicyclic) bond motifs is 1. The molecule has 1 fully saturated rings. The zero-order valence-corrected chi connectivity index (χ0v) is 21.1. The molecule has 0 spiro atoms. The summed E-state index contributed by atoms with van der Waals surface area (Å²) in [4.78, 5) is 30.5. The minimum Gasteiger partial charge on any atom is -0.478 e. The smallest absolute Gasteiger partial charge is 0.334 e. The van der Waals surface area contributed by atoms with Gasteiger partial charge in [0.1, 0.15) is 0 Å². The molecule has 4 rings (SSSR count). The van der Waals surface area contributed by atoms with Gasteiger partial charge in [0.25, 0.3) is 5.91 Å². The van der Waals surface area contributed by atoms with Crippen LogP contribution in [0.5, 0.6) is 5.88 Å². The van der Waals surface area contributed by atoms with Crippen molar-refractivity contribution in [1.29, 1.82) is 0 Å². The number of carbonyl (C=O) groups is 1. The number of pyridine rings is 1. The second-order valence-electron chi connectivity index (χ2n) is 9.42. The molecule has 1 saturated heterocycles. The molecule has 35 heavy (non-hydrogen) atoms. The molecule has 0 atom stereocenters. The van der Waals surface area contributed by atoms with Crippen LogP contribution < -0.4 is 15.7 Å². The molecule has 2 aromatic heterocycles. The molecule has 190 valence electrons. The van der Waals surface area contributed by atoms with Gasteiger partial charge in [-0.3, -0.25) is 23.0 Å². The average molecular weight is 507 g/mol. The van der Waals surface area contributed by atoms with Crippen molar-refractivity contribution in [1.82, 2.24) is 19.4 Å². The van der Waals surface area contributed by atoms with E-state index in [2.05, 4.69) is 10.3 Å². The van der Waals surface area contributed by atoms with E-state index >= 15 is 0 Å². The second kappa shape index (κ2) is 9.29. The Morgan fingerprint density at radius 1 is 1.26 bits per heavy atom. The number of aromatic nitrogens is 3. The van der Waals surface area contributed by atoms with Crippen molar-refractivity contribution in [2.45, 2.75) is 52.1 Å². The van der Waals surface area contributed by atoms with Crippen molar-refractivity contribution in [3.05, 3.63) is 52.3 Å². The lowest BCUT2D eigenvalue weighted by Crippen LogP contribution is -2.50. The highest BCUT2D eigenvalue weighted by Crippen LogP contribution is 2.46. The summed E-state index contributed by atoms with van der Waals surface area (Å²) in [6.07, 6.45) is 1.94. The fraction of sp³-hybridized carbons (Fsp3) is 0.458. The first-order chi connectivity index (χ1) is 16.4. The van der Waals surface area contributed by atoms with Crippen LogP contribution in [0.4, 0.5) is 4.39 Å². The number of halogens is 1. The predicted octanol–water partition coefficient (Wildman–Crippen LogP) is 4.34. The summed E-state index contributed by atoms with van der Waals surface area (Å²) in [6.45, 7) is 7.70. The first-order valence-electron chi connectivity index (χ1n) is 11.6. The van der Waals surface area contributed by atoms with Gasteiger partial charge in [-0.25, -0.2) is 14.2 Å². The molecule has 0 radical (unpaired) electrons. The number of benzene rings is 1. The fourth-order valence-corrected chi connectivity index (χ4v) is 6.13. The Morgan fingerprint density at radius 2 is 1.94 bits per heavy atom. The zero-order valence-electron chi connectivity index (χ0n) is 20.2. The number of amides is 1. The fourth-order valence-electron chi connectivity index (χ4n) is 4.38. The Hall–Kier alpha value is -2.89. The maximum Gasteiger partial charge on any atom is 0.334 e. The normalized spacial score (nSPS) is 17.9. The van der Waals surface area contributed by atoms with Crippen molar-refractivity contribution in [3.63, 3.8) is 0 Å². The van der Waals surface area contributed by atoms with Crippen LogP contribution in [0.25, 0.3) is 16.7 Å². The Bertz CT molecular complexity index is 1320. The third-order valence-corrected chi connectivity index (χ3v) is 8.09. The number of nitrogens with one attached hydrogen (secondary N) is 1. The van der Waals surface area contributed by atoms with Crippen LogP contribution in [0.15, 0.2) is 35.3 Å². The second-order valence-corrected chi connectivity index (χ2v) is 11.8. The molecular formula is C24H31FN4O5S. The van der Waals surface area contributed by atoms with E-state index < -0.39 is 27.6 Å². The van der Waals surface area contributed by atoms with E-state index in [-0.39, 0.29) is 35.0 Å². The number of hydrogen-bond donors (Lipinski definition) is 3. The molecule has 0 saturated carbocycles. The number of nitrogens with zero attached hydrogens (tertiary/aromatic N) is 3. The minimum absolute atomic E-state index is 0.0174. The maximum atomic E-state index is 14.8. The van der Waals surface area contributed by atoms with Crippen molar-refractivity contribution in [2.24, 2.45) is 0 Å². The van der Waals surface area contributed by atoms with Crippen LogP contribution in [0.3, 0.4) is 0 Å². The van der Waals surface area contributed by atoms with Crippen LogP contribution >= 0.6 is 10.6 Å². The molecule has 9 nitrogen and oxygen atoms in total. The molecule has 3 aromatic rings. The topological polar surface area (TPSA) is 119 Å². The molecule has 1 aliphatic heterocycles. The molecule has 1 aromatic carbocycles. The third-order valence-electron chi connectivity index (χ3n) is 6.37. The van der Waals surface area contributed by atoms with Gasteiger partial charge in [-0.05, 0) is 58.7 Å². The van der Waals surface area contributed by atoms with Crippen molar-refractivity contribution >= 4 is 27.5 Å². The van der Waals surface area contributed by atoms with Gasteiger partial charge in [-0.15, -0.1) is 0 Å². The molecule has 3 N–H and O–H groups in total. The molecule has 0 unspecified atom stereocenters. The van der Waals surface area contributed by atoms with Gasteiger partial charge < -0.3 is 10.1 Å². The zero-order chi connectivity index (χ0) is 25.5. The van der Waals surface area contributed by atoms with E-state index in [0.29, 0.717) is 36.0 Å². The summed E-state index contributed by atoms with van der Waals surface area (Å²) in [5, 5.41) is 3.02.